The minimum absolute atomic E-state index is 0.0257. The van der Waals surface area contributed by atoms with Crippen LogP contribution in [-0.4, -0.2) is 51.3 Å². The van der Waals surface area contributed by atoms with E-state index in [4.69, 9.17) is 4.74 Å². The van der Waals surface area contributed by atoms with E-state index in [1.807, 2.05) is 0 Å². The summed E-state index contributed by atoms with van der Waals surface area (Å²) in [5, 5.41) is 8.44. The number of methoxy groups -OCH3 is 1. The summed E-state index contributed by atoms with van der Waals surface area (Å²) in [7, 11) is -2.08. The number of nitrogens with zero attached hydrogens (tertiary/aromatic N) is 1. The fourth-order valence-corrected chi connectivity index (χ4v) is 2.09. The van der Waals surface area contributed by atoms with Gasteiger partial charge in [0.2, 0.25) is 5.91 Å². The Morgan fingerprint density at radius 2 is 2.28 bits per heavy atom. The van der Waals surface area contributed by atoms with Gasteiger partial charge in [0, 0.05) is 26.6 Å². The number of sulfonamides is 1. The molecule has 1 aromatic rings. The van der Waals surface area contributed by atoms with Crippen molar-refractivity contribution in [3.05, 3.63) is 12.3 Å². The molecule has 0 saturated heterocycles. The van der Waals surface area contributed by atoms with E-state index < -0.39 is 10.0 Å². The number of nitrogens with one attached hydrogen (secondary N) is 3. The average Bonchev–Trinajstić information content (AvgIpc) is 2.83. The molecule has 0 aliphatic heterocycles. The van der Waals surface area contributed by atoms with Gasteiger partial charge in [-0.25, -0.2) is 13.1 Å². The number of carbonyl (C=O) groups is 1. The molecule has 1 aromatic heterocycles. The Labute approximate surface area is 105 Å². The van der Waals surface area contributed by atoms with Crippen LogP contribution in [-0.2, 0) is 19.6 Å². The highest BCUT2D eigenvalue weighted by Gasteiger charge is 2.14. The summed E-state index contributed by atoms with van der Waals surface area (Å²) in [6.07, 6.45) is 1.41. The predicted octanol–water partition coefficient (Wildman–Crippen LogP) is -1.16. The lowest BCUT2D eigenvalue weighted by Crippen LogP contribution is -2.32. The zero-order valence-corrected chi connectivity index (χ0v) is 10.8. The number of ether oxygens (including phenoxy) is 1. The van der Waals surface area contributed by atoms with E-state index in [0.29, 0.717) is 13.2 Å². The van der Waals surface area contributed by atoms with Gasteiger partial charge in [-0.3, -0.25) is 9.89 Å². The highest BCUT2D eigenvalue weighted by atomic mass is 32.2. The number of aromatic nitrogens is 2. The molecule has 0 saturated carbocycles. The van der Waals surface area contributed by atoms with Crippen LogP contribution < -0.4 is 10.0 Å². The summed E-state index contributed by atoms with van der Waals surface area (Å²) in [5.74, 6) is -0.237. The maximum atomic E-state index is 11.6. The fourth-order valence-electron chi connectivity index (χ4n) is 1.15. The first kappa shape index (κ1) is 14.6. The molecule has 1 amide bonds. The van der Waals surface area contributed by atoms with Crippen molar-refractivity contribution < 1.29 is 17.9 Å². The molecule has 3 N–H and O–H groups in total. The molecule has 0 aromatic carbocycles. The van der Waals surface area contributed by atoms with Crippen LogP contribution in [0.5, 0.6) is 0 Å². The zero-order valence-electron chi connectivity index (χ0n) is 9.97. The highest BCUT2D eigenvalue weighted by molar-refractivity contribution is 7.89. The molecule has 0 unspecified atom stereocenters. The quantitative estimate of drug-likeness (QED) is 0.518. The normalized spacial score (nSPS) is 11.4. The van der Waals surface area contributed by atoms with Crippen molar-refractivity contribution in [3.8, 4) is 0 Å². The average molecular weight is 276 g/mol. The van der Waals surface area contributed by atoms with Crippen molar-refractivity contribution in [1.29, 1.82) is 0 Å². The number of H-pyrrole nitrogens is 1. The van der Waals surface area contributed by atoms with Crippen LogP contribution in [0.25, 0.3) is 0 Å². The van der Waals surface area contributed by atoms with Gasteiger partial charge < -0.3 is 10.1 Å². The van der Waals surface area contributed by atoms with Gasteiger partial charge in [-0.1, -0.05) is 0 Å². The number of hydrogen-bond donors (Lipinski definition) is 3. The Balaban J connectivity index is 2.27. The minimum Gasteiger partial charge on any atom is -0.383 e. The lowest BCUT2D eigenvalue weighted by Gasteiger charge is -2.05. The molecule has 0 spiro atoms. The molecule has 0 atom stereocenters. The summed E-state index contributed by atoms with van der Waals surface area (Å²) in [4.78, 5) is 11.3. The standard InChI is InChI=1S/C9H16N4O4S/c1-17-7-6-10-8(14)2-5-12-18(15,16)9-3-4-11-13-9/h3-4,12H,2,5-7H2,1H3,(H,10,14)(H,11,13). The third kappa shape index (κ3) is 4.82. The molecule has 18 heavy (non-hydrogen) atoms. The van der Waals surface area contributed by atoms with Crippen LogP contribution >= 0.6 is 0 Å². The van der Waals surface area contributed by atoms with E-state index in [2.05, 4.69) is 20.2 Å². The molecule has 0 aliphatic rings. The highest BCUT2D eigenvalue weighted by Crippen LogP contribution is 2.01. The summed E-state index contributed by atoms with van der Waals surface area (Å²) in [6, 6.07) is 1.33. The van der Waals surface area contributed by atoms with Crippen molar-refractivity contribution in [2.75, 3.05) is 26.8 Å². The van der Waals surface area contributed by atoms with Gasteiger partial charge in [-0.05, 0) is 6.07 Å². The number of rotatable bonds is 8. The van der Waals surface area contributed by atoms with Crippen LogP contribution in [0.15, 0.2) is 17.3 Å². The first-order valence-corrected chi connectivity index (χ1v) is 6.79. The molecule has 0 fully saturated rings. The fraction of sp³-hybridized carbons (Fsp3) is 0.556. The maximum absolute atomic E-state index is 11.6. The topological polar surface area (TPSA) is 113 Å². The second-order valence-corrected chi connectivity index (χ2v) is 5.15. The minimum atomic E-state index is -3.61. The van der Waals surface area contributed by atoms with Crippen LogP contribution in [0, 0.1) is 0 Å². The van der Waals surface area contributed by atoms with E-state index in [0.717, 1.165) is 0 Å². The van der Waals surface area contributed by atoms with Crippen molar-refractivity contribution >= 4 is 15.9 Å². The lowest BCUT2D eigenvalue weighted by atomic mass is 10.4. The van der Waals surface area contributed by atoms with Gasteiger partial charge >= 0.3 is 0 Å². The van der Waals surface area contributed by atoms with E-state index in [-0.39, 0.29) is 23.9 Å². The second-order valence-electron chi connectivity index (χ2n) is 3.41. The van der Waals surface area contributed by atoms with Gasteiger partial charge in [0.25, 0.3) is 10.0 Å². The van der Waals surface area contributed by atoms with Gasteiger partial charge in [0.1, 0.15) is 0 Å². The zero-order chi connectivity index (χ0) is 13.4. The number of hydrogen-bond acceptors (Lipinski definition) is 5. The number of aromatic amines is 1. The Morgan fingerprint density at radius 1 is 1.50 bits per heavy atom. The first-order valence-electron chi connectivity index (χ1n) is 5.31. The molecule has 102 valence electrons. The second kappa shape index (κ2) is 7.09. The van der Waals surface area contributed by atoms with E-state index >= 15 is 0 Å². The van der Waals surface area contributed by atoms with Crippen molar-refractivity contribution in [3.63, 3.8) is 0 Å². The SMILES string of the molecule is COCCNC(=O)CCNS(=O)(=O)c1ccn[nH]1. The van der Waals surface area contributed by atoms with Crippen molar-refractivity contribution in [2.45, 2.75) is 11.4 Å². The van der Waals surface area contributed by atoms with Gasteiger partial charge in [-0.2, -0.15) is 5.10 Å². The molecule has 0 bridgehead atoms. The maximum Gasteiger partial charge on any atom is 0.257 e. The summed E-state index contributed by atoms with van der Waals surface area (Å²) < 4.78 is 30.3. The number of amides is 1. The Bertz CT molecular complexity index is 457. The molecule has 9 heteroatoms. The lowest BCUT2D eigenvalue weighted by molar-refractivity contribution is -0.121. The molecule has 0 radical (unpaired) electrons. The third-order valence-electron chi connectivity index (χ3n) is 2.04. The van der Waals surface area contributed by atoms with E-state index in [9.17, 15) is 13.2 Å². The van der Waals surface area contributed by atoms with Gasteiger partial charge in [0.15, 0.2) is 5.03 Å². The first-order chi connectivity index (χ1) is 8.56. The predicted molar refractivity (Wildman–Crippen MR) is 63.3 cm³/mol. The van der Waals surface area contributed by atoms with Crippen LogP contribution in [0.4, 0.5) is 0 Å². The smallest absolute Gasteiger partial charge is 0.257 e. The summed E-state index contributed by atoms with van der Waals surface area (Å²) in [6.45, 7) is 0.856. The van der Waals surface area contributed by atoms with E-state index in [1.54, 1.807) is 0 Å². The Kier molecular flexibility index (Phi) is 5.75. The molecular weight excluding hydrogens is 260 g/mol. The number of carbonyl (C=O) groups excluding carboxylic acids is 1. The molecule has 0 aliphatic carbocycles. The third-order valence-corrected chi connectivity index (χ3v) is 3.43. The molecule has 1 rings (SSSR count). The molecule has 8 nitrogen and oxygen atoms in total. The Morgan fingerprint density at radius 3 is 2.89 bits per heavy atom. The molecule has 1 heterocycles. The van der Waals surface area contributed by atoms with E-state index in [1.165, 1.54) is 19.4 Å². The summed E-state index contributed by atoms with van der Waals surface area (Å²) >= 11 is 0. The molecular formula is C9H16N4O4S. The van der Waals surface area contributed by atoms with Gasteiger partial charge in [0.05, 0.1) is 12.8 Å². The Hall–Kier alpha value is -1.45. The van der Waals surface area contributed by atoms with Crippen LogP contribution in [0.2, 0.25) is 0 Å². The van der Waals surface area contributed by atoms with Gasteiger partial charge in [-0.15, -0.1) is 0 Å². The monoisotopic (exact) mass is 276 g/mol. The largest absolute Gasteiger partial charge is 0.383 e. The van der Waals surface area contributed by atoms with Crippen molar-refractivity contribution in [2.24, 2.45) is 0 Å². The van der Waals surface area contributed by atoms with Crippen LogP contribution in [0.3, 0.4) is 0 Å². The van der Waals surface area contributed by atoms with Crippen molar-refractivity contribution in [1.82, 2.24) is 20.2 Å². The summed E-state index contributed by atoms with van der Waals surface area (Å²) in [5.41, 5.74) is 0. The van der Waals surface area contributed by atoms with Crippen LogP contribution in [0.1, 0.15) is 6.42 Å².